The molecular formula is C18H13ClF2N6O2. The van der Waals surface area contributed by atoms with Gasteiger partial charge in [-0.15, -0.1) is 0 Å². The summed E-state index contributed by atoms with van der Waals surface area (Å²) in [5, 5.41) is 9.50. The van der Waals surface area contributed by atoms with E-state index in [2.05, 4.69) is 25.5 Å². The average Bonchev–Trinajstić information content (AvgIpc) is 3.10. The van der Waals surface area contributed by atoms with Crippen LogP contribution < -0.4 is 5.32 Å². The van der Waals surface area contributed by atoms with Crippen molar-refractivity contribution in [1.82, 2.24) is 25.1 Å². The molecule has 1 spiro atoms. The summed E-state index contributed by atoms with van der Waals surface area (Å²) in [6.45, 7) is -0.452. The van der Waals surface area contributed by atoms with Crippen molar-refractivity contribution >= 4 is 40.4 Å². The number of halogens is 3. The molecule has 3 heterocycles. The second-order valence-corrected chi connectivity index (χ2v) is 7.60. The van der Waals surface area contributed by atoms with Gasteiger partial charge in [-0.05, 0) is 18.6 Å². The number of benzene rings is 1. The molecule has 5 rings (SSSR count). The highest BCUT2D eigenvalue weighted by Crippen LogP contribution is 2.55. The molecule has 0 radical (unpaired) electrons. The van der Waals surface area contributed by atoms with Crippen LogP contribution in [0.5, 0.6) is 0 Å². The molecule has 148 valence electrons. The number of carbonyl (C=O) groups excluding carboxylic acids is 2. The zero-order chi connectivity index (χ0) is 20.3. The maximum atomic E-state index is 14.6. The molecule has 2 atom stereocenters. The average molecular weight is 419 g/mol. The van der Waals surface area contributed by atoms with Crippen molar-refractivity contribution in [3.63, 3.8) is 0 Å². The van der Waals surface area contributed by atoms with E-state index < -0.39 is 29.2 Å². The molecule has 1 saturated carbocycles. The first-order valence-corrected chi connectivity index (χ1v) is 9.14. The van der Waals surface area contributed by atoms with Gasteiger partial charge >= 0.3 is 0 Å². The number of aromatic nitrogens is 4. The lowest BCUT2D eigenvalue weighted by molar-refractivity contribution is -0.117. The molecule has 0 saturated heterocycles. The Kier molecular flexibility index (Phi) is 3.82. The quantitative estimate of drug-likeness (QED) is 0.678. The van der Waals surface area contributed by atoms with Gasteiger partial charge in [-0.2, -0.15) is 10.1 Å². The van der Waals surface area contributed by atoms with E-state index in [4.69, 9.17) is 11.6 Å². The summed E-state index contributed by atoms with van der Waals surface area (Å²) >= 11 is 5.83. The van der Waals surface area contributed by atoms with Gasteiger partial charge in [-0.25, -0.2) is 13.8 Å². The second kappa shape index (κ2) is 6.18. The van der Waals surface area contributed by atoms with Crippen LogP contribution >= 0.6 is 11.6 Å². The Bertz CT molecular complexity index is 1180. The number of hydrogen-bond donors (Lipinski definition) is 2. The van der Waals surface area contributed by atoms with Crippen molar-refractivity contribution in [3.8, 4) is 0 Å². The third-order valence-electron chi connectivity index (χ3n) is 5.34. The van der Waals surface area contributed by atoms with Crippen LogP contribution in [0, 0.1) is 5.82 Å². The number of nitrogens with zero attached hydrogens (tertiary/aromatic N) is 4. The lowest BCUT2D eigenvalue weighted by Gasteiger charge is -2.34. The minimum Gasteiger partial charge on any atom is -0.328 e. The Hall–Kier alpha value is -3.14. The summed E-state index contributed by atoms with van der Waals surface area (Å²) in [7, 11) is 0. The van der Waals surface area contributed by atoms with Gasteiger partial charge in [0.05, 0.1) is 22.0 Å². The van der Waals surface area contributed by atoms with Crippen molar-refractivity contribution < 1.29 is 18.4 Å². The van der Waals surface area contributed by atoms with Gasteiger partial charge in [-0.1, -0.05) is 11.6 Å². The monoisotopic (exact) mass is 418 g/mol. The Labute approximate surface area is 167 Å². The molecule has 11 heteroatoms. The SMILES string of the molecule is O=C(CN1C[C@]2(C[C@@H]2F)c2c(ccc(Cl)c2F)C1=O)Nc1ncc2cn[nH]c2n1. The fourth-order valence-electron chi connectivity index (χ4n) is 3.82. The predicted octanol–water partition coefficient (Wildman–Crippen LogP) is 2.22. The first kappa shape index (κ1) is 17.9. The van der Waals surface area contributed by atoms with E-state index in [0.717, 1.165) is 0 Å². The van der Waals surface area contributed by atoms with Gasteiger partial charge in [0.15, 0.2) is 5.65 Å². The van der Waals surface area contributed by atoms with E-state index in [-0.39, 0.29) is 41.6 Å². The highest BCUT2D eigenvalue weighted by Gasteiger charge is 2.62. The minimum absolute atomic E-state index is 0.00666. The topological polar surface area (TPSA) is 104 Å². The Morgan fingerprint density at radius 3 is 2.97 bits per heavy atom. The number of anilines is 1. The standard InChI is InChI=1S/C18H13ClF2N6O2/c19-10-2-1-9-13(14(10)21)18(3-11(18)20)7-27(16(9)29)6-12(28)24-17-22-4-8-5-23-26-15(8)25-17/h1-2,4-5,11H,3,6-7H2,(H2,22,23,24,25,26,28)/t11-,18-/m0/s1. The number of nitrogens with one attached hydrogen (secondary N) is 2. The number of H-pyrrole nitrogens is 1. The summed E-state index contributed by atoms with van der Waals surface area (Å²) in [6.07, 6.45) is 1.79. The molecule has 0 bridgehead atoms. The van der Waals surface area contributed by atoms with E-state index in [1.54, 1.807) is 6.20 Å². The molecule has 2 aromatic heterocycles. The van der Waals surface area contributed by atoms with E-state index in [0.29, 0.717) is 11.0 Å². The van der Waals surface area contributed by atoms with Crippen LogP contribution in [-0.2, 0) is 10.2 Å². The number of fused-ring (bicyclic) bond motifs is 3. The molecule has 0 unspecified atom stereocenters. The van der Waals surface area contributed by atoms with Crippen molar-refractivity contribution in [2.75, 3.05) is 18.4 Å². The Morgan fingerprint density at radius 2 is 2.21 bits per heavy atom. The van der Waals surface area contributed by atoms with Gasteiger partial charge in [0.2, 0.25) is 11.9 Å². The lowest BCUT2D eigenvalue weighted by Crippen LogP contribution is -2.48. The molecule has 2 aliphatic rings. The van der Waals surface area contributed by atoms with Crippen molar-refractivity contribution in [1.29, 1.82) is 0 Å². The largest absolute Gasteiger partial charge is 0.328 e. The highest BCUT2D eigenvalue weighted by molar-refractivity contribution is 6.31. The number of alkyl halides is 1. The van der Waals surface area contributed by atoms with Crippen molar-refractivity contribution in [2.24, 2.45) is 0 Å². The van der Waals surface area contributed by atoms with E-state index >= 15 is 0 Å². The van der Waals surface area contributed by atoms with Gasteiger partial charge in [0, 0.05) is 23.9 Å². The summed E-state index contributed by atoms with van der Waals surface area (Å²) in [5.74, 6) is -1.84. The number of rotatable bonds is 3. The summed E-state index contributed by atoms with van der Waals surface area (Å²) < 4.78 is 28.8. The van der Waals surface area contributed by atoms with Crippen LogP contribution in [-0.4, -0.2) is 56.1 Å². The molecular weight excluding hydrogens is 406 g/mol. The molecule has 8 nitrogen and oxygen atoms in total. The number of hydrogen-bond acceptors (Lipinski definition) is 5. The molecule has 2 N–H and O–H groups in total. The number of aromatic amines is 1. The summed E-state index contributed by atoms with van der Waals surface area (Å²) in [6, 6.07) is 2.63. The minimum atomic E-state index is -1.31. The third-order valence-corrected chi connectivity index (χ3v) is 5.64. The molecule has 1 aliphatic heterocycles. The molecule has 3 aromatic rings. The van der Waals surface area contributed by atoms with Gasteiger partial charge in [0.1, 0.15) is 18.5 Å². The highest BCUT2D eigenvalue weighted by atomic mass is 35.5. The van der Waals surface area contributed by atoms with Crippen LogP contribution in [0.3, 0.4) is 0 Å². The maximum absolute atomic E-state index is 14.6. The molecule has 1 aliphatic carbocycles. The fraction of sp³-hybridized carbons (Fsp3) is 0.278. The summed E-state index contributed by atoms with van der Waals surface area (Å²) in [4.78, 5) is 34.6. The maximum Gasteiger partial charge on any atom is 0.254 e. The Balaban J connectivity index is 1.39. The van der Waals surface area contributed by atoms with Crippen LogP contribution in [0.4, 0.5) is 14.7 Å². The lowest BCUT2D eigenvalue weighted by atomic mass is 9.85. The fourth-order valence-corrected chi connectivity index (χ4v) is 3.98. The van der Waals surface area contributed by atoms with Crippen LogP contribution in [0.25, 0.3) is 11.0 Å². The van der Waals surface area contributed by atoms with Crippen LogP contribution in [0.2, 0.25) is 5.02 Å². The molecule has 1 aromatic carbocycles. The summed E-state index contributed by atoms with van der Waals surface area (Å²) in [5.41, 5.74) is -0.680. The predicted molar refractivity (Wildman–Crippen MR) is 98.8 cm³/mol. The van der Waals surface area contributed by atoms with Crippen LogP contribution in [0.15, 0.2) is 24.5 Å². The smallest absolute Gasteiger partial charge is 0.254 e. The first-order chi connectivity index (χ1) is 13.9. The third kappa shape index (κ3) is 2.74. The molecule has 2 amide bonds. The zero-order valence-corrected chi connectivity index (χ0v) is 15.5. The number of amides is 2. The first-order valence-electron chi connectivity index (χ1n) is 8.77. The Morgan fingerprint density at radius 1 is 1.41 bits per heavy atom. The second-order valence-electron chi connectivity index (χ2n) is 7.19. The van der Waals surface area contributed by atoms with Gasteiger partial charge < -0.3 is 4.90 Å². The van der Waals surface area contributed by atoms with E-state index in [9.17, 15) is 18.4 Å². The zero-order valence-electron chi connectivity index (χ0n) is 14.7. The number of carbonyl (C=O) groups is 2. The van der Waals surface area contributed by atoms with E-state index in [1.165, 1.54) is 23.2 Å². The van der Waals surface area contributed by atoms with Crippen LogP contribution in [0.1, 0.15) is 22.3 Å². The van der Waals surface area contributed by atoms with Gasteiger partial charge in [0.25, 0.3) is 5.91 Å². The van der Waals surface area contributed by atoms with Gasteiger partial charge in [-0.3, -0.25) is 20.0 Å². The molecule has 29 heavy (non-hydrogen) atoms. The molecule has 1 fully saturated rings. The van der Waals surface area contributed by atoms with Crippen molar-refractivity contribution in [3.05, 3.63) is 46.5 Å². The van der Waals surface area contributed by atoms with Crippen molar-refractivity contribution in [2.45, 2.75) is 18.0 Å². The van der Waals surface area contributed by atoms with E-state index in [1.807, 2.05) is 0 Å². The normalized spacial score (nSPS) is 22.8.